The van der Waals surface area contributed by atoms with Crippen LogP contribution in [-0.2, 0) is 0 Å². The van der Waals surface area contributed by atoms with Crippen molar-refractivity contribution in [1.82, 2.24) is 9.55 Å². The van der Waals surface area contributed by atoms with Crippen molar-refractivity contribution in [2.45, 2.75) is 13.3 Å². The number of imidazole rings is 1. The number of nitrogens with one attached hydrogen (secondary N) is 1. The zero-order chi connectivity index (χ0) is 14.8. The van der Waals surface area contributed by atoms with Crippen LogP contribution in [0.3, 0.4) is 0 Å². The number of rotatable bonds is 4. The molecule has 0 aliphatic rings. The van der Waals surface area contributed by atoms with Gasteiger partial charge < -0.3 is 10.1 Å². The quantitative estimate of drug-likeness (QED) is 0.907. The summed E-state index contributed by atoms with van der Waals surface area (Å²) >= 11 is 3.13. The van der Waals surface area contributed by atoms with Crippen molar-refractivity contribution in [1.29, 1.82) is 0 Å². The molecule has 0 unspecified atom stereocenters. The summed E-state index contributed by atoms with van der Waals surface area (Å²) in [6.45, 7) is 2.47. The van der Waals surface area contributed by atoms with Gasteiger partial charge in [0.05, 0.1) is 5.69 Å². The molecule has 0 amide bonds. The van der Waals surface area contributed by atoms with Crippen molar-refractivity contribution in [2.24, 2.45) is 0 Å². The Morgan fingerprint density at radius 2 is 2.15 bits per heavy atom. The van der Waals surface area contributed by atoms with Crippen LogP contribution in [0.5, 0.6) is 5.75 Å². The van der Waals surface area contributed by atoms with Crippen LogP contribution in [0.2, 0.25) is 0 Å². The molecule has 108 valence electrons. The zero-order valence-corrected chi connectivity index (χ0v) is 12.0. The van der Waals surface area contributed by atoms with Crippen molar-refractivity contribution in [3.63, 3.8) is 0 Å². The maximum absolute atomic E-state index is 12.5. The molecule has 0 aliphatic carbocycles. The lowest BCUT2D eigenvalue weighted by Gasteiger charge is -2.15. The molecule has 1 aromatic carbocycles. The van der Waals surface area contributed by atoms with Gasteiger partial charge in [-0.3, -0.25) is 4.57 Å². The van der Waals surface area contributed by atoms with Crippen LogP contribution in [0.4, 0.5) is 19.1 Å². The number of nitrogens with zero attached hydrogens (tertiary/aromatic N) is 2. The van der Waals surface area contributed by atoms with E-state index in [9.17, 15) is 13.2 Å². The molecule has 0 atom stereocenters. The molecule has 0 saturated heterocycles. The Bertz CT molecular complexity index is 598. The van der Waals surface area contributed by atoms with E-state index in [1.54, 1.807) is 12.3 Å². The van der Waals surface area contributed by atoms with Crippen LogP contribution < -0.4 is 10.1 Å². The summed E-state index contributed by atoms with van der Waals surface area (Å²) in [5.74, 6) is 0.144. The maximum Gasteiger partial charge on any atom is 0.573 e. The second-order valence-electron chi connectivity index (χ2n) is 3.81. The molecule has 0 aliphatic heterocycles. The molecular formula is C12H11BrF3N3O. The normalized spacial score (nSPS) is 11.4. The Labute approximate surface area is 121 Å². The van der Waals surface area contributed by atoms with Gasteiger partial charge in [0, 0.05) is 23.4 Å². The number of ether oxygens (including phenoxy) is 1. The summed E-state index contributed by atoms with van der Waals surface area (Å²) in [7, 11) is 0. The molecule has 2 aromatic rings. The van der Waals surface area contributed by atoms with Crippen molar-refractivity contribution in [3.8, 4) is 11.4 Å². The van der Waals surface area contributed by atoms with Crippen molar-refractivity contribution in [3.05, 3.63) is 35.1 Å². The van der Waals surface area contributed by atoms with Crippen LogP contribution in [0.15, 0.2) is 35.1 Å². The number of hydrogen-bond acceptors (Lipinski definition) is 3. The van der Waals surface area contributed by atoms with Gasteiger partial charge in [-0.15, -0.1) is 13.2 Å². The minimum atomic E-state index is -4.76. The molecule has 0 radical (unpaired) electrons. The van der Waals surface area contributed by atoms with Crippen molar-refractivity contribution in [2.75, 3.05) is 11.9 Å². The van der Waals surface area contributed by atoms with E-state index in [2.05, 4.69) is 31.0 Å². The van der Waals surface area contributed by atoms with Gasteiger partial charge >= 0.3 is 6.36 Å². The van der Waals surface area contributed by atoms with Crippen LogP contribution in [-0.4, -0.2) is 22.5 Å². The Hall–Kier alpha value is -1.70. The van der Waals surface area contributed by atoms with Crippen LogP contribution in [0.25, 0.3) is 5.69 Å². The van der Waals surface area contributed by atoms with Crippen LogP contribution >= 0.6 is 15.9 Å². The first-order valence-corrected chi connectivity index (χ1v) is 6.53. The minimum absolute atomic E-state index is 0.249. The van der Waals surface area contributed by atoms with E-state index in [-0.39, 0.29) is 11.4 Å². The molecule has 8 heteroatoms. The van der Waals surface area contributed by atoms with Crippen LogP contribution in [0, 0.1) is 0 Å². The highest BCUT2D eigenvalue weighted by molar-refractivity contribution is 9.10. The lowest BCUT2D eigenvalue weighted by Crippen LogP contribution is -2.18. The molecular weight excluding hydrogens is 339 g/mol. The largest absolute Gasteiger partial charge is 0.573 e. The zero-order valence-electron chi connectivity index (χ0n) is 10.4. The number of hydrogen-bond donors (Lipinski definition) is 1. The fourth-order valence-electron chi connectivity index (χ4n) is 1.68. The van der Waals surface area contributed by atoms with Gasteiger partial charge in [-0.2, -0.15) is 0 Å². The molecule has 2 rings (SSSR count). The SMILES string of the molecule is CCNc1nccn1-c1ccc(Br)cc1OC(F)(F)F. The molecule has 0 spiro atoms. The summed E-state index contributed by atoms with van der Waals surface area (Å²) in [5, 5.41) is 2.96. The van der Waals surface area contributed by atoms with Gasteiger partial charge in [0.1, 0.15) is 0 Å². The lowest BCUT2D eigenvalue weighted by molar-refractivity contribution is -0.274. The van der Waals surface area contributed by atoms with Gasteiger partial charge in [-0.1, -0.05) is 15.9 Å². The van der Waals surface area contributed by atoms with Crippen LogP contribution in [0.1, 0.15) is 6.92 Å². The van der Waals surface area contributed by atoms with Gasteiger partial charge in [0.2, 0.25) is 5.95 Å². The van der Waals surface area contributed by atoms with Gasteiger partial charge in [0.25, 0.3) is 0 Å². The molecule has 1 N–H and O–H groups in total. The number of halogens is 4. The third-order valence-electron chi connectivity index (χ3n) is 2.38. The average Bonchev–Trinajstić information content (AvgIpc) is 2.76. The topological polar surface area (TPSA) is 39.1 Å². The highest BCUT2D eigenvalue weighted by Crippen LogP contribution is 2.33. The van der Waals surface area contributed by atoms with E-state index in [4.69, 9.17) is 0 Å². The molecule has 0 fully saturated rings. The number of alkyl halides is 3. The maximum atomic E-state index is 12.5. The first-order chi connectivity index (χ1) is 9.40. The molecule has 4 nitrogen and oxygen atoms in total. The predicted molar refractivity (Wildman–Crippen MR) is 72.1 cm³/mol. The molecule has 20 heavy (non-hydrogen) atoms. The smallest absolute Gasteiger partial charge is 0.403 e. The number of benzene rings is 1. The summed E-state index contributed by atoms with van der Waals surface area (Å²) in [5.41, 5.74) is 0.249. The standard InChI is InChI=1S/C12H11BrF3N3O/c1-2-17-11-18-5-6-19(11)9-4-3-8(13)7-10(9)20-12(14,15)16/h3-7H,2H2,1H3,(H,17,18). The number of aromatic nitrogens is 2. The highest BCUT2D eigenvalue weighted by atomic mass is 79.9. The van der Waals surface area contributed by atoms with E-state index in [0.717, 1.165) is 0 Å². The fraction of sp³-hybridized carbons (Fsp3) is 0.250. The Morgan fingerprint density at radius 3 is 2.80 bits per heavy atom. The second-order valence-corrected chi connectivity index (χ2v) is 4.73. The summed E-state index contributed by atoms with van der Waals surface area (Å²) in [4.78, 5) is 4.05. The fourth-order valence-corrected chi connectivity index (χ4v) is 2.02. The van der Waals surface area contributed by atoms with E-state index < -0.39 is 6.36 Å². The molecule has 0 bridgehead atoms. The third kappa shape index (κ3) is 3.44. The Kier molecular flexibility index (Phi) is 4.22. The monoisotopic (exact) mass is 349 g/mol. The van der Waals surface area contributed by atoms with Crippen molar-refractivity contribution < 1.29 is 17.9 Å². The van der Waals surface area contributed by atoms with Gasteiger partial charge in [0.15, 0.2) is 5.75 Å². The van der Waals surface area contributed by atoms with E-state index in [1.807, 2.05) is 6.92 Å². The van der Waals surface area contributed by atoms with E-state index in [0.29, 0.717) is 17.0 Å². The molecule has 0 saturated carbocycles. The van der Waals surface area contributed by atoms with E-state index in [1.165, 1.54) is 22.9 Å². The summed E-state index contributed by atoms with van der Waals surface area (Å²) < 4.78 is 43.4. The van der Waals surface area contributed by atoms with Gasteiger partial charge in [-0.25, -0.2) is 4.98 Å². The minimum Gasteiger partial charge on any atom is -0.403 e. The van der Waals surface area contributed by atoms with Crippen molar-refractivity contribution >= 4 is 21.9 Å². The third-order valence-corrected chi connectivity index (χ3v) is 2.88. The molecule has 1 heterocycles. The second kappa shape index (κ2) is 5.74. The average molecular weight is 350 g/mol. The predicted octanol–water partition coefficient (Wildman–Crippen LogP) is 3.97. The summed E-state index contributed by atoms with van der Waals surface area (Å²) in [6, 6.07) is 4.42. The Balaban J connectivity index is 2.47. The highest BCUT2D eigenvalue weighted by Gasteiger charge is 2.32. The Morgan fingerprint density at radius 1 is 1.40 bits per heavy atom. The van der Waals surface area contributed by atoms with E-state index >= 15 is 0 Å². The molecule has 1 aromatic heterocycles. The first-order valence-electron chi connectivity index (χ1n) is 5.73. The number of anilines is 1. The lowest BCUT2D eigenvalue weighted by atomic mass is 10.3. The van der Waals surface area contributed by atoms with Gasteiger partial charge in [-0.05, 0) is 25.1 Å². The first kappa shape index (κ1) is 14.7. The summed E-state index contributed by atoms with van der Waals surface area (Å²) in [6.07, 6.45) is -1.70.